The summed E-state index contributed by atoms with van der Waals surface area (Å²) >= 11 is 0. The molecule has 2 unspecified atom stereocenters. The number of hydrogen-bond acceptors (Lipinski definition) is 8. The van der Waals surface area contributed by atoms with Crippen molar-refractivity contribution >= 4 is 48.2 Å². The maximum absolute atomic E-state index is 14.5. The van der Waals surface area contributed by atoms with Crippen molar-refractivity contribution in [2.45, 2.75) is 151 Å². The first-order valence-electron chi connectivity index (χ1n) is 24.5. The van der Waals surface area contributed by atoms with Gasteiger partial charge in [0.15, 0.2) is 5.78 Å². The standard InChI is InChI=1S/C55H77N5O5/c1-12-38-35(8)42-27-43-36(9)40(23-24-48(61)65-26-25-34(7)22-16-21-33(6)20-15-19-32(5)18-14-17-31(3)4)52(59-43)50-51(55(63)64-11)54(62)49-37(10)44(60-53(49)50)28-46-39(13-2)41(30-56)47(58-46)29-45(38)57-42/h12,25,27-33,36,40,44,51-52,56-60H,1,13-24,26H2,2-11H3/b34-25+,43-27-,46-28-,47-29-,56-30?/t32-,33-,36+,40+,44?,51-,52?/m1/s1. The lowest BCUT2D eigenvalue weighted by atomic mass is 9.80. The fraction of sp³-hybridized carbons (Fsp3) is 0.564. The van der Waals surface area contributed by atoms with Gasteiger partial charge in [0.1, 0.15) is 12.5 Å². The molecule has 0 saturated carbocycles. The lowest BCUT2D eigenvalue weighted by Gasteiger charge is -2.26. The predicted molar refractivity (Wildman–Crippen MR) is 264 cm³/mol. The van der Waals surface area contributed by atoms with Crippen molar-refractivity contribution in [2.75, 3.05) is 13.7 Å². The number of hydrogen-bond donors (Lipinski definition) is 5. The summed E-state index contributed by atoms with van der Waals surface area (Å²) in [6.45, 7) is 24.1. The second-order valence-electron chi connectivity index (χ2n) is 20.0. The van der Waals surface area contributed by atoms with Crippen LogP contribution in [0.15, 0.2) is 46.3 Å². The molecule has 3 aliphatic heterocycles. The molecule has 0 spiro atoms. The SMILES string of the molecule is C=Cc1c2[nH]c(c1C)/C=C1\NC(C3=C4NC(/C=c5\[nH]/c(c(C=N)c5CC)=C\2)C(C)=C4C(=O)[C@@H]3C(=O)OC)[C@@H](CCC(=O)OC/C=C(\C)CCC[C@H](C)CCC[C@H](C)CCCC(C)C)[C@@H]1C. The molecule has 7 atom stereocenters. The molecule has 0 aromatic carbocycles. The molecule has 1 saturated heterocycles. The Morgan fingerprint density at radius 3 is 2.25 bits per heavy atom. The molecule has 2 aromatic heterocycles. The van der Waals surface area contributed by atoms with E-state index in [1.165, 1.54) is 63.8 Å². The first kappa shape index (κ1) is 49.3. The highest BCUT2D eigenvalue weighted by Gasteiger charge is 2.53. The molecule has 8 bridgehead atoms. The molecule has 1 aliphatic carbocycles. The van der Waals surface area contributed by atoms with Gasteiger partial charge < -0.3 is 35.5 Å². The number of esters is 2. The Kier molecular flexibility index (Phi) is 16.6. The molecule has 0 amide bonds. The van der Waals surface area contributed by atoms with E-state index in [1.54, 1.807) is 0 Å². The zero-order valence-electron chi connectivity index (χ0n) is 41.0. The fourth-order valence-electron chi connectivity index (χ4n) is 10.8. The van der Waals surface area contributed by atoms with Crippen LogP contribution in [0.25, 0.3) is 24.3 Å². The van der Waals surface area contributed by atoms with Crippen LogP contribution in [0.4, 0.5) is 0 Å². The van der Waals surface area contributed by atoms with Gasteiger partial charge in [-0.2, -0.15) is 0 Å². The highest BCUT2D eigenvalue weighted by molar-refractivity contribution is 6.17. The van der Waals surface area contributed by atoms with E-state index in [9.17, 15) is 14.4 Å². The van der Waals surface area contributed by atoms with Crippen LogP contribution in [0.1, 0.15) is 160 Å². The van der Waals surface area contributed by atoms with Gasteiger partial charge in [-0.3, -0.25) is 14.4 Å². The summed E-state index contributed by atoms with van der Waals surface area (Å²) in [5.41, 5.74) is 10.4. The van der Waals surface area contributed by atoms with Crippen molar-refractivity contribution in [1.82, 2.24) is 20.6 Å². The molecule has 5 N–H and O–H groups in total. The Bertz CT molecular complexity index is 2380. The monoisotopic (exact) mass is 888 g/mol. The van der Waals surface area contributed by atoms with Crippen molar-refractivity contribution in [3.63, 3.8) is 0 Å². The number of carbonyl (C=O) groups excluding carboxylic acids is 3. The number of allylic oxidation sites excluding steroid dienone is 3. The molecule has 2 aromatic rings. The average Bonchev–Trinajstić information content (AvgIpc) is 4.02. The average molecular weight is 888 g/mol. The Morgan fingerprint density at radius 2 is 1.60 bits per heavy atom. The molecular formula is C55H77N5O5. The molecule has 10 heteroatoms. The summed E-state index contributed by atoms with van der Waals surface area (Å²) in [7, 11) is 1.32. The lowest BCUT2D eigenvalue weighted by molar-refractivity contribution is -0.147. The van der Waals surface area contributed by atoms with E-state index in [4.69, 9.17) is 14.9 Å². The van der Waals surface area contributed by atoms with Gasteiger partial charge in [-0.25, -0.2) is 0 Å². The predicted octanol–water partition coefficient (Wildman–Crippen LogP) is 9.67. The number of carbonyl (C=O) groups is 3. The molecule has 5 heterocycles. The minimum Gasteiger partial charge on any atom is -0.468 e. The Hall–Kier alpha value is -5.12. The minimum absolute atomic E-state index is 0.0741. The summed E-state index contributed by atoms with van der Waals surface area (Å²) in [6, 6.07) is -0.790. The Balaban J connectivity index is 1.20. The molecule has 352 valence electrons. The third kappa shape index (κ3) is 11.0. The Morgan fingerprint density at radius 1 is 0.908 bits per heavy atom. The number of ketones is 1. The largest absolute Gasteiger partial charge is 0.468 e. The third-order valence-corrected chi connectivity index (χ3v) is 14.9. The van der Waals surface area contributed by atoms with Crippen LogP contribution in [-0.2, 0) is 30.3 Å². The fourth-order valence-corrected chi connectivity index (χ4v) is 10.8. The third-order valence-electron chi connectivity index (χ3n) is 14.9. The van der Waals surface area contributed by atoms with Gasteiger partial charge in [0.2, 0.25) is 0 Å². The van der Waals surface area contributed by atoms with E-state index in [0.29, 0.717) is 29.7 Å². The van der Waals surface area contributed by atoms with E-state index < -0.39 is 17.9 Å². The highest BCUT2D eigenvalue weighted by atomic mass is 16.5. The van der Waals surface area contributed by atoms with E-state index in [2.05, 4.69) is 94.7 Å². The number of aromatic nitrogens is 2. The van der Waals surface area contributed by atoms with Crippen molar-refractivity contribution in [3.8, 4) is 0 Å². The second-order valence-corrected chi connectivity index (χ2v) is 20.0. The smallest absolute Gasteiger partial charge is 0.320 e. The molecule has 4 aliphatic rings. The quantitative estimate of drug-likeness (QED) is 0.0363. The van der Waals surface area contributed by atoms with Gasteiger partial charge in [-0.05, 0) is 117 Å². The van der Waals surface area contributed by atoms with Crippen LogP contribution in [0.5, 0.6) is 0 Å². The van der Waals surface area contributed by atoms with Crippen LogP contribution < -0.4 is 21.3 Å². The number of methoxy groups -OCH3 is 1. The number of aromatic amines is 2. The van der Waals surface area contributed by atoms with Crippen molar-refractivity contribution in [3.05, 3.63) is 90.7 Å². The van der Waals surface area contributed by atoms with Gasteiger partial charge in [-0.15, -0.1) is 0 Å². The zero-order valence-corrected chi connectivity index (χ0v) is 41.0. The van der Waals surface area contributed by atoms with E-state index in [-0.39, 0.29) is 42.7 Å². The second kappa shape index (κ2) is 21.9. The van der Waals surface area contributed by atoms with Crippen LogP contribution in [0.3, 0.4) is 0 Å². The molecular weight excluding hydrogens is 811 g/mol. The maximum atomic E-state index is 14.5. The minimum atomic E-state index is -1.12. The highest BCUT2D eigenvalue weighted by Crippen LogP contribution is 2.47. The summed E-state index contributed by atoms with van der Waals surface area (Å²) in [4.78, 5) is 48.8. The summed E-state index contributed by atoms with van der Waals surface area (Å²) in [5, 5.41) is 17.5. The molecule has 10 nitrogen and oxygen atoms in total. The van der Waals surface area contributed by atoms with Gasteiger partial charge in [0.05, 0.1) is 19.2 Å². The molecule has 1 fully saturated rings. The number of fused-ring (bicyclic) bond motifs is 8. The van der Waals surface area contributed by atoms with E-state index >= 15 is 0 Å². The van der Waals surface area contributed by atoms with Crippen molar-refractivity contribution in [2.24, 2.45) is 35.5 Å². The first-order chi connectivity index (χ1) is 31.1. The van der Waals surface area contributed by atoms with Crippen molar-refractivity contribution in [1.29, 1.82) is 5.41 Å². The van der Waals surface area contributed by atoms with Crippen molar-refractivity contribution < 1.29 is 23.9 Å². The number of Topliss-reactive ketones (excluding diaryl/α,β-unsaturated/α-hetero) is 1. The van der Waals surface area contributed by atoms with Gasteiger partial charge in [-0.1, -0.05) is 105 Å². The normalized spacial score (nSPS) is 24.1. The molecule has 65 heavy (non-hydrogen) atoms. The van der Waals surface area contributed by atoms with Crippen LogP contribution in [0.2, 0.25) is 0 Å². The van der Waals surface area contributed by atoms with Gasteiger partial charge in [0, 0.05) is 68.7 Å². The van der Waals surface area contributed by atoms with E-state index in [1.807, 2.05) is 25.2 Å². The number of rotatable bonds is 21. The number of H-pyrrole nitrogens is 2. The van der Waals surface area contributed by atoms with Crippen LogP contribution in [0, 0.1) is 47.8 Å². The lowest BCUT2D eigenvalue weighted by Crippen LogP contribution is -2.38. The zero-order chi connectivity index (χ0) is 47.1. The summed E-state index contributed by atoms with van der Waals surface area (Å²) < 4.78 is 11.1. The topological polar surface area (TPSA) is 149 Å². The van der Waals surface area contributed by atoms with Crippen LogP contribution >= 0.6 is 0 Å². The van der Waals surface area contributed by atoms with Gasteiger partial charge in [0.25, 0.3) is 0 Å². The summed E-state index contributed by atoms with van der Waals surface area (Å²) in [6.07, 6.45) is 24.2. The molecule has 0 radical (unpaired) electrons. The summed E-state index contributed by atoms with van der Waals surface area (Å²) in [5.74, 6) is -0.166. The first-order valence-corrected chi connectivity index (χ1v) is 24.5. The number of ether oxygens (including phenoxy) is 2. The molecule has 6 rings (SSSR count). The Labute approximate surface area is 388 Å². The van der Waals surface area contributed by atoms with Crippen LogP contribution in [-0.4, -0.2) is 59.7 Å². The van der Waals surface area contributed by atoms with Gasteiger partial charge >= 0.3 is 11.9 Å². The number of nitrogens with one attached hydrogen (secondary N) is 5. The maximum Gasteiger partial charge on any atom is 0.320 e. The van der Waals surface area contributed by atoms with E-state index in [0.717, 1.165) is 86.2 Å².